The van der Waals surface area contributed by atoms with E-state index >= 15 is 0 Å². The van der Waals surface area contributed by atoms with Crippen LogP contribution >= 0.6 is 0 Å². The van der Waals surface area contributed by atoms with Crippen molar-refractivity contribution in [1.29, 1.82) is 0 Å². The third kappa shape index (κ3) is 4.26. The van der Waals surface area contributed by atoms with Gasteiger partial charge in [0.05, 0.1) is 12.4 Å². The first kappa shape index (κ1) is 20.5. The van der Waals surface area contributed by atoms with Gasteiger partial charge in [-0.15, -0.1) is 0 Å². The molecule has 154 valence electrons. The number of carbonyl (C=O) groups excluding carboxylic acids is 3. The Morgan fingerprint density at radius 2 is 1.69 bits per heavy atom. The van der Waals surface area contributed by atoms with Crippen molar-refractivity contribution in [3.8, 4) is 5.69 Å². The Bertz CT molecular complexity index is 913. The van der Waals surface area contributed by atoms with Gasteiger partial charge in [0.1, 0.15) is 19.2 Å². The highest BCUT2D eigenvalue weighted by molar-refractivity contribution is 6.44. The van der Waals surface area contributed by atoms with Crippen LogP contribution in [0.2, 0.25) is 0 Å². The number of rotatable bonds is 6. The molecule has 1 aliphatic rings. The van der Waals surface area contributed by atoms with E-state index in [4.69, 9.17) is 0 Å². The summed E-state index contributed by atoms with van der Waals surface area (Å²) in [5.74, 6) is -2.76. The van der Waals surface area contributed by atoms with Gasteiger partial charge in [-0.05, 0) is 31.7 Å². The second-order valence-corrected chi connectivity index (χ2v) is 6.53. The van der Waals surface area contributed by atoms with Crippen LogP contribution in [0.4, 0.5) is 18.0 Å². The Kier molecular flexibility index (Phi) is 5.38. The number of hydrogen-bond acceptors (Lipinski definition) is 6. The van der Waals surface area contributed by atoms with Crippen molar-refractivity contribution >= 4 is 17.8 Å². The van der Waals surface area contributed by atoms with Crippen molar-refractivity contribution in [2.45, 2.75) is 19.1 Å². The molecule has 1 aliphatic heterocycles. The predicted molar refractivity (Wildman–Crippen MR) is 92.4 cm³/mol. The van der Waals surface area contributed by atoms with E-state index in [1.807, 2.05) is 12.1 Å². The molecule has 1 saturated heterocycles. The molecule has 1 aromatic carbocycles. The van der Waals surface area contributed by atoms with E-state index in [9.17, 15) is 27.6 Å². The molecule has 0 spiro atoms. The maximum absolute atomic E-state index is 12.6. The van der Waals surface area contributed by atoms with E-state index in [-0.39, 0.29) is 17.6 Å². The number of alkyl halides is 3. The van der Waals surface area contributed by atoms with Gasteiger partial charge in [0, 0.05) is 6.04 Å². The minimum Gasteiger partial charge on any atom is -0.282 e. The summed E-state index contributed by atoms with van der Waals surface area (Å²) in [6.45, 7) is -0.329. The van der Waals surface area contributed by atoms with Gasteiger partial charge < -0.3 is 0 Å². The summed E-state index contributed by atoms with van der Waals surface area (Å²) >= 11 is 0. The maximum atomic E-state index is 12.6. The number of benzene rings is 1. The summed E-state index contributed by atoms with van der Waals surface area (Å²) in [6.07, 6.45) is -1.84. The minimum absolute atomic E-state index is 0.0895. The van der Waals surface area contributed by atoms with Crippen molar-refractivity contribution < 1.29 is 27.6 Å². The molecule has 0 saturated carbocycles. The molecule has 1 aromatic heterocycles. The van der Waals surface area contributed by atoms with Crippen molar-refractivity contribution in [3.63, 3.8) is 0 Å². The Labute approximate surface area is 163 Å². The highest BCUT2D eigenvalue weighted by Crippen LogP contribution is 2.24. The Balaban J connectivity index is 1.69. The zero-order chi connectivity index (χ0) is 21.3. The molecule has 2 heterocycles. The Morgan fingerprint density at radius 3 is 2.24 bits per heavy atom. The largest absolute Gasteiger partial charge is 0.406 e. The number of halogens is 3. The van der Waals surface area contributed by atoms with E-state index in [0.29, 0.717) is 4.90 Å². The van der Waals surface area contributed by atoms with Crippen LogP contribution in [0.25, 0.3) is 5.69 Å². The lowest BCUT2D eigenvalue weighted by molar-refractivity contribution is -0.156. The molecule has 3 rings (SSSR count). The molecule has 0 aliphatic carbocycles. The van der Waals surface area contributed by atoms with Crippen LogP contribution in [0.5, 0.6) is 0 Å². The van der Waals surface area contributed by atoms with Crippen molar-refractivity contribution in [1.82, 2.24) is 29.5 Å². The molecule has 0 unspecified atom stereocenters. The van der Waals surface area contributed by atoms with Gasteiger partial charge in [0.2, 0.25) is 0 Å². The first-order valence-corrected chi connectivity index (χ1v) is 8.48. The lowest BCUT2D eigenvalue weighted by atomic mass is 10.1. The summed E-state index contributed by atoms with van der Waals surface area (Å²) in [5.41, 5.74) is 1.60. The number of amides is 4. The highest BCUT2D eigenvalue weighted by atomic mass is 19.4. The lowest BCUT2D eigenvalue weighted by Crippen LogP contribution is -2.43. The molecule has 1 atom stereocenters. The fraction of sp³-hybridized carbons (Fsp3) is 0.353. The van der Waals surface area contributed by atoms with Crippen LogP contribution in [0, 0.1) is 0 Å². The number of hydrogen-bond donors (Lipinski definition) is 0. The van der Waals surface area contributed by atoms with Crippen molar-refractivity contribution in [2.24, 2.45) is 0 Å². The topological polar surface area (TPSA) is 91.6 Å². The molecule has 0 N–H and O–H groups in total. The van der Waals surface area contributed by atoms with Gasteiger partial charge in [-0.2, -0.15) is 18.3 Å². The summed E-state index contributed by atoms with van der Waals surface area (Å²) < 4.78 is 39.2. The summed E-state index contributed by atoms with van der Waals surface area (Å²) in [7, 11) is 1.59. The predicted octanol–water partition coefficient (Wildman–Crippen LogP) is 1.57. The van der Waals surface area contributed by atoms with E-state index < -0.39 is 30.6 Å². The second-order valence-electron chi connectivity index (χ2n) is 6.53. The first-order chi connectivity index (χ1) is 13.6. The summed E-state index contributed by atoms with van der Waals surface area (Å²) in [6, 6.07) is 5.65. The van der Waals surface area contributed by atoms with Crippen LogP contribution in [-0.2, 0) is 9.59 Å². The van der Waals surface area contributed by atoms with Crippen molar-refractivity contribution in [3.05, 3.63) is 42.5 Å². The number of urea groups is 1. The van der Waals surface area contributed by atoms with Gasteiger partial charge in [-0.3, -0.25) is 14.5 Å². The third-order valence-corrected chi connectivity index (χ3v) is 4.56. The molecular weight excluding hydrogens is 393 g/mol. The van der Waals surface area contributed by atoms with Crippen LogP contribution in [0.3, 0.4) is 0 Å². The summed E-state index contributed by atoms with van der Waals surface area (Å²) in [4.78, 5) is 41.7. The monoisotopic (exact) mass is 410 g/mol. The maximum Gasteiger partial charge on any atom is 0.406 e. The number of imide groups is 2. The quantitative estimate of drug-likeness (QED) is 0.530. The molecule has 9 nitrogen and oxygen atoms in total. The summed E-state index contributed by atoms with van der Waals surface area (Å²) in [5, 5.41) is 4.02. The van der Waals surface area contributed by atoms with Crippen LogP contribution in [-0.4, -0.2) is 73.7 Å². The van der Waals surface area contributed by atoms with Gasteiger partial charge in [-0.1, -0.05) is 12.1 Å². The lowest BCUT2D eigenvalue weighted by Gasteiger charge is -2.28. The minimum atomic E-state index is -4.79. The number of nitrogens with zero attached hydrogens (tertiary/aromatic N) is 6. The fourth-order valence-electron chi connectivity index (χ4n) is 2.84. The van der Waals surface area contributed by atoms with E-state index in [1.165, 1.54) is 6.33 Å². The number of aromatic nitrogens is 3. The molecule has 0 bridgehead atoms. The molecule has 1 fully saturated rings. The standard InChI is InChI=1S/C17H17F3N6O3/c1-11(12-3-5-13(6-4-12)26-9-21-8-22-26)23(2)10-25-15(28)14(27)24(16(25)29)7-17(18,19)20/h3-6,8-9,11H,7,10H2,1-2H3/t11-/m0/s1. The van der Waals surface area contributed by atoms with Gasteiger partial charge in [0.15, 0.2) is 0 Å². The van der Waals surface area contributed by atoms with Gasteiger partial charge in [-0.25, -0.2) is 24.3 Å². The molecule has 4 amide bonds. The van der Waals surface area contributed by atoms with E-state index in [0.717, 1.165) is 11.3 Å². The average molecular weight is 410 g/mol. The molecule has 2 aromatic rings. The molecule has 29 heavy (non-hydrogen) atoms. The van der Waals surface area contributed by atoms with Gasteiger partial charge in [0.25, 0.3) is 0 Å². The van der Waals surface area contributed by atoms with Crippen LogP contribution < -0.4 is 0 Å². The highest BCUT2D eigenvalue weighted by Gasteiger charge is 2.49. The fourth-order valence-corrected chi connectivity index (χ4v) is 2.84. The SMILES string of the molecule is C[C@@H](c1ccc(-n2cncn2)cc1)N(C)CN1C(=O)C(=O)N(CC(F)(F)F)C1=O. The van der Waals surface area contributed by atoms with Crippen molar-refractivity contribution in [2.75, 3.05) is 20.3 Å². The van der Waals surface area contributed by atoms with Crippen LogP contribution in [0.15, 0.2) is 36.9 Å². The zero-order valence-electron chi connectivity index (χ0n) is 15.5. The Hall–Kier alpha value is -3.28. The first-order valence-electron chi connectivity index (χ1n) is 8.48. The van der Waals surface area contributed by atoms with E-state index in [2.05, 4.69) is 10.1 Å². The molecule has 0 radical (unpaired) electrons. The van der Waals surface area contributed by atoms with E-state index in [1.54, 1.807) is 42.0 Å². The normalized spacial score (nSPS) is 16.3. The van der Waals surface area contributed by atoms with Gasteiger partial charge >= 0.3 is 24.0 Å². The average Bonchev–Trinajstić information content (AvgIpc) is 3.27. The Morgan fingerprint density at radius 1 is 1.07 bits per heavy atom. The smallest absolute Gasteiger partial charge is 0.282 e. The molecular formula is C17H17F3N6O3. The molecule has 12 heteroatoms. The number of carbonyl (C=O) groups is 3. The van der Waals surface area contributed by atoms with Crippen LogP contribution in [0.1, 0.15) is 18.5 Å². The third-order valence-electron chi connectivity index (χ3n) is 4.56. The second kappa shape index (κ2) is 7.62. The zero-order valence-corrected chi connectivity index (χ0v) is 15.5.